The maximum absolute atomic E-state index is 9.33. The molecular formula is C57H35N5S. The first-order valence-corrected chi connectivity index (χ1v) is 21.5. The number of fused-ring (bicyclic) bond motifs is 9. The third-order valence-electron chi connectivity index (χ3n) is 12.0. The highest BCUT2D eigenvalue weighted by Crippen LogP contribution is 2.45. The molecule has 0 atom stereocenters. The minimum atomic E-state index is -0.169. The van der Waals surface area contributed by atoms with Crippen LogP contribution < -0.4 is 0 Å². The first-order chi connectivity index (χ1) is 33.7. The van der Waals surface area contributed by atoms with E-state index in [0.29, 0.717) is 28.8 Å². The normalized spacial score (nSPS) is 13.1. The van der Waals surface area contributed by atoms with Crippen LogP contribution in [0.4, 0.5) is 0 Å². The van der Waals surface area contributed by atoms with Crippen molar-refractivity contribution in [3.05, 3.63) is 212 Å². The molecule has 294 valence electrons. The zero-order valence-electron chi connectivity index (χ0n) is 39.4. The van der Waals surface area contributed by atoms with Gasteiger partial charge in [0.25, 0.3) is 0 Å². The van der Waals surface area contributed by atoms with Crippen molar-refractivity contribution in [3.8, 4) is 56.7 Å². The Bertz CT molecular complexity index is 4210. The minimum absolute atomic E-state index is 0.0289. The largest absolute Gasteiger partial charge is 0.309 e. The van der Waals surface area contributed by atoms with Crippen LogP contribution in [0.15, 0.2) is 212 Å². The van der Waals surface area contributed by atoms with Crippen molar-refractivity contribution >= 4 is 75.1 Å². The molecule has 0 bridgehead atoms. The average molecular weight is 828 g/mol. The third kappa shape index (κ3) is 5.59. The molecule has 0 unspecified atom stereocenters. The first-order valence-electron chi connectivity index (χ1n) is 23.7. The Morgan fingerprint density at radius 2 is 1.02 bits per heavy atom. The van der Waals surface area contributed by atoms with Crippen LogP contribution in [-0.2, 0) is 0 Å². The average Bonchev–Trinajstić information content (AvgIpc) is 4.07. The van der Waals surface area contributed by atoms with E-state index in [4.69, 9.17) is 20.4 Å². The Morgan fingerprint density at radius 3 is 1.79 bits per heavy atom. The van der Waals surface area contributed by atoms with Crippen molar-refractivity contribution in [1.29, 1.82) is 0 Å². The predicted molar refractivity (Wildman–Crippen MR) is 263 cm³/mol. The summed E-state index contributed by atoms with van der Waals surface area (Å²) in [7, 11) is 0. The van der Waals surface area contributed by atoms with Crippen molar-refractivity contribution in [2.24, 2.45) is 0 Å². The fourth-order valence-corrected chi connectivity index (χ4v) is 10.4. The molecule has 4 aromatic heterocycles. The van der Waals surface area contributed by atoms with Gasteiger partial charge in [0, 0.05) is 64.0 Å². The SMILES string of the molecule is [2H]c1cc([2H])c2c(c1[2H])c1c([2H])c([2H])cc([2H])c1n2-c1ccc(-c2nc(-c3ccccc3)nc(-n3c4ccccc4c4c(-c5ccccc5)cccc43)n2)cc1-c1cccc2c1sc1ccccc12. The van der Waals surface area contributed by atoms with Gasteiger partial charge in [0.05, 0.1) is 36.0 Å². The summed E-state index contributed by atoms with van der Waals surface area (Å²) in [5.41, 5.74) is 8.36. The summed E-state index contributed by atoms with van der Waals surface area (Å²) >= 11 is 1.68. The van der Waals surface area contributed by atoms with Crippen LogP contribution in [0.2, 0.25) is 0 Å². The maximum Gasteiger partial charge on any atom is 0.238 e. The number of para-hydroxylation sites is 3. The van der Waals surface area contributed by atoms with Crippen LogP contribution in [0.5, 0.6) is 0 Å². The highest BCUT2D eigenvalue weighted by atomic mass is 32.1. The molecule has 9 aromatic carbocycles. The fourth-order valence-electron chi connectivity index (χ4n) is 9.20. The molecule has 0 saturated carbocycles. The monoisotopic (exact) mass is 827 g/mol. The molecule has 0 aliphatic heterocycles. The van der Waals surface area contributed by atoms with Gasteiger partial charge in [-0.15, -0.1) is 11.3 Å². The third-order valence-corrected chi connectivity index (χ3v) is 13.2. The molecular weight excluding hydrogens is 787 g/mol. The van der Waals surface area contributed by atoms with Crippen molar-refractivity contribution in [3.63, 3.8) is 0 Å². The van der Waals surface area contributed by atoms with Crippen molar-refractivity contribution < 1.29 is 8.22 Å². The molecule has 0 amide bonds. The lowest BCUT2D eigenvalue weighted by Gasteiger charge is -2.17. The molecule has 63 heavy (non-hydrogen) atoms. The zero-order chi connectivity index (χ0) is 46.7. The first kappa shape index (κ1) is 29.9. The van der Waals surface area contributed by atoms with Gasteiger partial charge in [-0.3, -0.25) is 4.57 Å². The van der Waals surface area contributed by atoms with Gasteiger partial charge in [-0.1, -0.05) is 164 Å². The van der Waals surface area contributed by atoms with Crippen LogP contribution in [0.3, 0.4) is 0 Å². The van der Waals surface area contributed by atoms with E-state index in [2.05, 4.69) is 89.5 Å². The molecule has 0 aliphatic carbocycles. The summed E-state index contributed by atoms with van der Waals surface area (Å²) in [5, 5.41) is 4.73. The number of thiophene rings is 1. The Kier molecular flexibility index (Phi) is 6.75. The molecule has 0 N–H and O–H groups in total. The van der Waals surface area contributed by atoms with Gasteiger partial charge >= 0.3 is 0 Å². The lowest BCUT2D eigenvalue weighted by molar-refractivity contribution is 0.953. The van der Waals surface area contributed by atoms with Gasteiger partial charge in [-0.05, 0) is 59.6 Å². The van der Waals surface area contributed by atoms with Crippen LogP contribution in [0, 0.1) is 0 Å². The molecule has 6 heteroatoms. The highest BCUT2D eigenvalue weighted by Gasteiger charge is 2.23. The van der Waals surface area contributed by atoms with Crippen LogP contribution in [0.25, 0.3) is 120 Å². The van der Waals surface area contributed by atoms with E-state index in [-0.39, 0.29) is 58.1 Å². The number of hydrogen-bond donors (Lipinski definition) is 0. The number of benzene rings is 9. The molecule has 0 fully saturated rings. The van der Waals surface area contributed by atoms with Crippen LogP contribution in [-0.4, -0.2) is 24.1 Å². The molecule has 4 heterocycles. The summed E-state index contributed by atoms with van der Waals surface area (Å²) < 4.78 is 60.3. The summed E-state index contributed by atoms with van der Waals surface area (Å²) in [6, 6.07) is 57.3. The van der Waals surface area contributed by atoms with Crippen molar-refractivity contribution in [2.45, 2.75) is 0 Å². The van der Waals surface area contributed by atoms with Crippen LogP contribution >= 0.6 is 11.3 Å². The van der Waals surface area contributed by atoms with E-state index >= 15 is 0 Å². The minimum Gasteiger partial charge on any atom is -0.309 e. The number of aromatic nitrogens is 5. The number of rotatable bonds is 6. The van der Waals surface area contributed by atoms with Gasteiger partial charge in [-0.2, -0.15) is 9.97 Å². The lowest BCUT2D eigenvalue weighted by Crippen LogP contribution is -2.07. The van der Waals surface area contributed by atoms with Crippen molar-refractivity contribution in [1.82, 2.24) is 24.1 Å². The van der Waals surface area contributed by atoms with Gasteiger partial charge in [0.1, 0.15) is 0 Å². The molecule has 13 rings (SSSR count). The summed E-state index contributed by atoms with van der Waals surface area (Å²) in [6.07, 6.45) is 0. The van der Waals surface area contributed by atoms with Gasteiger partial charge < -0.3 is 4.57 Å². The molecule has 5 nitrogen and oxygen atoms in total. The number of hydrogen-bond acceptors (Lipinski definition) is 4. The Balaban J connectivity index is 1.13. The second kappa shape index (κ2) is 14.2. The molecule has 0 aliphatic rings. The quantitative estimate of drug-likeness (QED) is 0.168. The van der Waals surface area contributed by atoms with E-state index in [9.17, 15) is 2.74 Å². The van der Waals surface area contributed by atoms with Crippen molar-refractivity contribution in [2.75, 3.05) is 0 Å². The van der Waals surface area contributed by atoms with Gasteiger partial charge in [0.2, 0.25) is 5.95 Å². The summed E-state index contributed by atoms with van der Waals surface area (Å²) in [5.74, 6) is 1.35. The second-order valence-electron chi connectivity index (χ2n) is 15.5. The molecule has 0 radical (unpaired) electrons. The maximum atomic E-state index is 9.33. The summed E-state index contributed by atoms with van der Waals surface area (Å²) in [6.45, 7) is 0. The van der Waals surface area contributed by atoms with Gasteiger partial charge in [-0.25, -0.2) is 4.98 Å². The molecule has 0 saturated heterocycles. The summed E-state index contributed by atoms with van der Waals surface area (Å²) in [4.78, 5) is 15.8. The molecule has 13 aromatic rings. The van der Waals surface area contributed by atoms with Crippen LogP contribution in [0.1, 0.15) is 8.22 Å². The van der Waals surface area contributed by atoms with E-state index in [1.54, 1.807) is 15.9 Å². The lowest BCUT2D eigenvalue weighted by atomic mass is 9.98. The topological polar surface area (TPSA) is 48.5 Å². The second-order valence-corrected chi connectivity index (χ2v) is 16.5. The Labute approximate surface area is 374 Å². The van der Waals surface area contributed by atoms with E-state index in [1.165, 1.54) is 12.1 Å². The number of nitrogens with zero attached hydrogens (tertiary/aromatic N) is 5. The van der Waals surface area contributed by atoms with Gasteiger partial charge in [0.15, 0.2) is 11.6 Å². The Morgan fingerprint density at radius 1 is 0.397 bits per heavy atom. The molecule has 0 spiro atoms. The van der Waals surface area contributed by atoms with E-state index < -0.39 is 0 Å². The smallest absolute Gasteiger partial charge is 0.238 e. The highest BCUT2D eigenvalue weighted by molar-refractivity contribution is 7.26. The zero-order valence-corrected chi connectivity index (χ0v) is 34.2. The van der Waals surface area contributed by atoms with E-state index in [1.807, 2.05) is 78.9 Å². The predicted octanol–water partition coefficient (Wildman–Crippen LogP) is 15.1. The standard InChI is InChI=1S/C57H35N5S/c1-3-17-36(18-4-1)39-25-16-31-51-53(39)45-24-9-13-30-49(45)62(51)57-59-55(37-19-5-2-6-20-37)58-56(60-57)38-33-34-50(61-47-28-11-7-21-40(47)41-22-8-12-29-48(41)61)46(35-38)44-27-15-26-43-42-23-10-14-32-52(42)63-54(43)44/h1-35H/i7D,8D,21D,22D,28D,29D. The fraction of sp³-hybridized carbons (Fsp3) is 0. The van der Waals surface area contributed by atoms with E-state index in [0.717, 1.165) is 69.8 Å². The Hall–Kier alpha value is -8.19.